The molecule has 18 heavy (non-hydrogen) atoms. The molecule has 0 aliphatic carbocycles. The molecule has 0 aliphatic rings. The minimum Gasteiger partial charge on any atom is -0.395 e. The number of nitrogens with zero attached hydrogens (tertiary/aromatic N) is 1. The van der Waals surface area contributed by atoms with Crippen molar-refractivity contribution in [3.8, 4) is 0 Å². The summed E-state index contributed by atoms with van der Waals surface area (Å²) in [6, 6.07) is 0. The Kier molecular flexibility index (Phi) is 11.7. The van der Waals surface area contributed by atoms with Crippen LogP contribution in [-0.4, -0.2) is 87.6 Å². The maximum atomic E-state index is 9.83. The molecule has 0 rings (SSSR count). The summed E-state index contributed by atoms with van der Waals surface area (Å²) in [5.74, 6) is 0. The van der Waals surface area contributed by atoms with Gasteiger partial charge in [-0.2, -0.15) is 0 Å². The molecular formula is C12H27NO5. The number of hydrogen-bond acceptors (Lipinski definition) is 6. The summed E-state index contributed by atoms with van der Waals surface area (Å²) in [7, 11) is 3.24. The zero-order valence-electron chi connectivity index (χ0n) is 11.7. The van der Waals surface area contributed by atoms with Crippen LogP contribution in [0.1, 0.15) is 6.92 Å². The second-order valence-corrected chi connectivity index (χ2v) is 4.27. The van der Waals surface area contributed by atoms with Crippen molar-refractivity contribution in [1.29, 1.82) is 0 Å². The molecule has 6 heteroatoms. The maximum Gasteiger partial charge on any atom is 0.0900 e. The molecule has 0 amide bonds. The summed E-state index contributed by atoms with van der Waals surface area (Å²) in [5, 5.41) is 18.8. The van der Waals surface area contributed by atoms with Crippen molar-refractivity contribution in [3.05, 3.63) is 0 Å². The summed E-state index contributed by atoms with van der Waals surface area (Å²) >= 11 is 0. The number of aliphatic hydroxyl groups excluding tert-OH is 2. The molecule has 0 fully saturated rings. The van der Waals surface area contributed by atoms with Crippen LogP contribution in [0.5, 0.6) is 0 Å². The van der Waals surface area contributed by atoms with Crippen molar-refractivity contribution in [2.75, 3.05) is 60.3 Å². The first-order valence-electron chi connectivity index (χ1n) is 6.24. The van der Waals surface area contributed by atoms with Gasteiger partial charge in [-0.1, -0.05) is 0 Å². The molecule has 0 heterocycles. The molecule has 0 saturated carbocycles. The minimum absolute atomic E-state index is 0.0325. The minimum atomic E-state index is -0.576. The van der Waals surface area contributed by atoms with Crippen molar-refractivity contribution in [3.63, 3.8) is 0 Å². The van der Waals surface area contributed by atoms with Gasteiger partial charge in [0.05, 0.1) is 38.6 Å². The van der Waals surface area contributed by atoms with Crippen LogP contribution in [0.25, 0.3) is 0 Å². The Balaban J connectivity index is 3.81. The summed E-state index contributed by atoms with van der Waals surface area (Å²) in [6.07, 6.45) is -0.609. The van der Waals surface area contributed by atoms with Crippen molar-refractivity contribution >= 4 is 0 Å². The van der Waals surface area contributed by atoms with E-state index in [2.05, 4.69) is 0 Å². The van der Waals surface area contributed by atoms with Crippen LogP contribution in [0.15, 0.2) is 0 Å². The van der Waals surface area contributed by atoms with Gasteiger partial charge in [-0.05, 0) is 6.92 Å². The van der Waals surface area contributed by atoms with Crippen LogP contribution in [0, 0.1) is 0 Å². The predicted octanol–water partition coefficient (Wildman–Crippen LogP) is -0.660. The largest absolute Gasteiger partial charge is 0.395 e. The average Bonchev–Trinajstić information content (AvgIpc) is 2.34. The van der Waals surface area contributed by atoms with Crippen molar-refractivity contribution in [2.45, 2.75) is 19.1 Å². The number of ether oxygens (including phenoxy) is 3. The maximum absolute atomic E-state index is 9.83. The van der Waals surface area contributed by atoms with Crippen molar-refractivity contribution in [1.82, 2.24) is 4.90 Å². The van der Waals surface area contributed by atoms with Gasteiger partial charge in [0.15, 0.2) is 0 Å². The van der Waals surface area contributed by atoms with Crippen LogP contribution in [0.3, 0.4) is 0 Å². The van der Waals surface area contributed by atoms with E-state index in [1.807, 2.05) is 11.8 Å². The quantitative estimate of drug-likeness (QED) is 0.488. The molecule has 0 spiro atoms. The van der Waals surface area contributed by atoms with Gasteiger partial charge in [0.2, 0.25) is 0 Å². The van der Waals surface area contributed by atoms with Crippen LogP contribution in [-0.2, 0) is 14.2 Å². The van der Waals surface area contributed by atoms with E-state index in [-0.39, 0.29) is 19.3 Å². The molecule has 110 valence electrons. The van der Waals surface area contributed by atoms with Crippen LogP contribution >= 0.6 is 0 Å². The van der Waals surface area contributed by atoms with Crippen molar-refractivity contribution < 1.29 is 24.4 Å². The zero-order chi connectivity index (χ0) is 13.8. The Labute approximate surface area is 109 Å². The monoisotopic (exact) mass is 265 g/mol. The lowest BCUT2D eigenvalue weighted by molar-refractivity contribution is -0.0416. The molecule has 0 aliphatic heterocycles. The molecule has 0 radical (unpaired) electrons. The molecule has 0 saturated heterocycles. The van der Waals surface area contributed by atoms with Crippen LogP contribution < -0.4 is 0 Å². The second-order valence-electron chi connectivity index (χ2n) is 4.27. The van der Waals surface area contributed by atoms with E-state index in [1.165, 1.54) is 0 Å². The van der Waals surface area contributed by atoms with E-state index in [4.69, 9.17) is 19.3 Å². The van der Waals surface area contributed by atoms with Crippen LogP contribution in [0.2, 0.25) is 0 Å². The number of aliphatic hydroxyl groups is 2. The average molecular weight is 265 g/mol. The fourth-order valence-electron chi connectivity index (χ4n) is 1.57. The highest BCUT2D eigenvalue weighted by Gasteiger charge is 2.13. The van der Waals surface area contributed by atoms with Gasteiger partial charge in [-0.15, -0.1) is 0 Å². The Morgan fingerprint density at radius 3 is 2.39 bits per heavy atom. The summed E-state index contributed by atoms with van der Waals surface area (Å²) in [5.41, 5.74) is 0. The van der Waals surface area contributed by atoms with E-state index < -0.39 is 6.10 Å². The highest BCUT2D eigenvalue weighted by molar-refractivity contribution is 4.65. The first-order valence-corrected chi connectivity index (χ1v) is 6.24. The highest BCUT2D eigenvalue weighted by atomic mass is 16.5. The lowest BCUT2D eigenvalue weighted by Crippen LogP contribution is -2.39. The van der Waals surface area contributed by atoms with Gasteiger partial charge in [0.25, 0.3) is 0 Å². The van der Waals surface area contributed by atoms with Gasteiger partial charge >= 0.3 is 0 Å². The molecule has 0 aromatic carbocycles. The highest BCUT2D eigenvalue weighted by Crippen LogP contribution is 1.97. The Hall–Kier alpha value is -0.240. The van der Waals surface area contributed by atoms with E-state index >= 15 is 0 Å². The third-order valence-electron chi connectivity index (χ3n) is 2.47. The van der Waals surface area contributed by atoms with Gasteiger partial charge < -0.3 is 24.4 Å². The van der Waals surface area contributed by atoms with Crippen LogP contribution in [0.4, 0.5) is 0 Å². The normalized spacial score (nSPS) is 15.0. The van der Waals surface area contributed by atoms with Gasteiger partial charge in [-0.3, -0.25) is 4.90 Å². The fourth-order valence-corrected chi connectivity index (χ4v) is 1.57. The lowest BCUT2D eigenvalue weighted by Gasteiger charge is -2.24. The molecule has 2 N–H and O–H groups in total. The lowest BCUT2D eigenvalue weighted by atomic mass is 10.3. The topological polar surface area (TPSA) is 71.4 Å². The Bertz CT molecular complexity index is 182. The smallest absolute Gasteiger partial charge is 0.0900 e. The fraction of sp³-hybridized carbons (Fsp3) is 1.00. The van der Waals surface area contributed by atoms with E-state index in [1.54, 1.807) is 14.2 Å². The van der Waals surface area contributed by atoms with E-state index in [0.29, 0.717) is 32.8 Å². The molecule has 2 atom stereocenters. The third kappa shape index (κ3) is 9.76. The Morgan fingerprint density at radius 2 is 1.83 bits per heavy atom. The number of rotatable bonds is 12. The van der Waals surface area contributed by atoms with E-state index in [0.717, 1.165) is 0 Å². The number of methoxy groups -OCH3 is 2. The van der Waals surface area contributed by atoms with Crippen molar-refractivity contribution in [2.24, 2.45) is 0 Å². The molecule has 0 aromatic rings. The number of hydrogen-bond donors (Lipinski definition) is 2. The molecule has 2 unspecified atom stereocenters. The van der Waals surface area contributed by atoms with Gasteiger partial charge in [0.1, 0.15) is 0 Å². The second kappa shape index (κ2) is 11.8. The molecule has 6 nitrogen and oxygen atoms in total. The summed E-state index contributed by atoms with van der Waals surface area (Å²) in [6.45, 7) is 4.98. The van der Waals surface area contributed by atoms with Gasteiger partial charge in [-0.25, -0.2) is 0 Å². The first kappa shape index (κ1) is 17.8. The third-order valence-corrected chi connectivity index (χ3v) is 2.47. The zero-order valence-corrected chi connectivity index (χ0v) is 11.7. The first-order chi connectivity index (χ1) is 8.63. The Morgan fingerprint density at radius 1 is 1.11 bits per heavy atom. The predicted molar refractivity (Wildman–Crippen MR) is 68.7 cm³/mol. The molecule has 0 bridgehead atoms. The van der Waals surface area contributed by atoms with Gasteiger partial charge in [0, 0.05) is 33.9 Å². The summed E-state index contributed by atoms with van der Waals surface area (Å²) < 4.78 is 15.4. The molecular weight excluding hydrogens is 238 g/mol. The summed E-state index contributed by atoms with van der Waals surface area (Å²) in [4.78, 5) is 1.94. The SMILES string of the molecule is COCCN(CCO)CC(O)COC(C)COC. The molecule has 0 aromatic heterocycles. The standard InChI is InChI=1S/C12H27NO5/c1-11(9-17-3)18-10-12(15)8-13(4-6-14)5-7-16-2/h11-12,14-15H,4-10H2,1-3H3. The van der Waals surface area contributed by atoms with E-state index in [9.17, 15) is 5.11 Å².